The van der Waals surface area contributed by atoms with Crippen LogP contribution in [0.15, 0.2) is 78.9 Å². The standard InChI is InChI=1S/C22H20FN3O2/c1-26(18-7-3-2-4-8-18)15-21(27)25-20-10-6-5-9-19(20)22(28)24-17-13-11-16(23)12-14-17/h2-14H,15H2,1H3,(H,24,28)(H,25,27). The number of carbonyl (C=O) groups is 2. The van der Waals surface area contributed by atoms with Gasteiger partial charge in [-0.05, 0) is 48.5 Å². The van der Waals surface area contributed by atoms with Gasteiger partial charge in [-0.25, -0.2) is 4.39 Å². The molecule has 0 aliphatic carbocycles. The maximum atomic E-state index is 13.0. The third-order valence-electron chi connectivity index (χ3n) is 4.13. The fraction of sp³-hybridized carbons (Fsp3) is 0.0909. The van der Waals surface area contributed by atoms with Gasteiger partial charge in [-0.15, -0.1) is 0 Å². The van der Waals surface area contributed by atoms with Gasteiger partial charge in [0.25, 0.3) is 5.91 Å². The molecule has 0 bridgehead atoms. The summed E-state index contributed by atoms with van der Waals surface area (Å²) in [6, 6.07) is 21.8. The first-order valence-electron chi connectivity index (χ1n) is 8.75. The van der Waals surface area contributed by atoms with Crippen LogP contribution in [0.3, 0.4) is 0 Å². The highest BCUT2D eigenvalue weighted by Gasteiger charge is 2.14. The predicted octanol–water partition coefficient (Wildman–Crippen LogP) is 4.15. The Morgan fingerprint density at radius 2 is 1.50 bits per heavy atom. The van der Waals surface area contributed by atoms with Crippen LogP contribution in [-0.4, -0.2) is 25.4 Å². The number of nitrogens with zero attached hydrogens (tertiary/aromatic N) is 1. The largest absolute Gasteiger partial charge is 0.365 e. The van der Waals surface area contributed by atoms with Crippen molar-refractivity contribution in [3.05, 3.63) is 90.2 Å². The van der Waals surface area contributed by atoms with Gasteiger partial charge in [0.05, 0.1) is 17.8 Å². The molecule has 3 aromatic rings. The number of amides is 2. The van der Waals surface area contributed by atoms with Crippen molar-refractivity contribution < 1.29 is 14.0 Å². The van der Waals surface area contributed by atoms with Crippen molar-refractivity contribution in [3.63, 3.8) is 0 Å². The van der Waals surface area contributed by atoms with Crippen LogP contribution in [0.1, 0.15) is 10.4 Å². The first-order chi connectivity index (χ1) is 13.5. The number of nitrogens with one attached hydrogen (secondary N) is 2. The maximum Gasteiger partial charge on any atom is 0.257 e. The van der Waals surface area contributed by atoms with E-state index in [2.05, 4.69) is 10.6 Å². The van der Waals surface area contributed by atoms with Crippen LogP contribution in [0, 0.1) is 5.82 Å². The number of benzene rings is 3. The summed E-state index contributed by atoms with van der Waals surface area (Å²) in [5, 5.41) is 5.48. The molecule has 0 heterocycles. The summed E-state index contributed by atoms with van der Waals surface area (Å²) in [7, 11) is 1.82. The van der Waals surface area contributed by atoms with Gasteiger partial charge < -0.3 is 15.5 Å². The fourth-order valence-electron chi connectivity index (χ4n) is 2.70. The molecule has 2 N–H and O–H groups in total. The van der Waals surface area contributed by atoms with Crippen LogP contribution in [0.5, 0.6) is 0 Å². The van der Waals surface area contributed by atoms with E-state index in [1.54, 1.807) is 24.3 Å². The second kappa shape index (κ2) is 8.81. The van der Waals surface area contributed by atoms with Crippen molar-refractivity contribution >= 4 is 28.9 Å². The molecular formula is C22H20FN3O2. The van der Waals surface area contributed by atoms with E-state index in [1.807, 2.05) is 42.3 Å². The van der Waals surface area contributed by atoms with Gasteiger partial charge in [0, 0.05) is 18.4 Å². The van der Waals surface area contributed by atoms with E-state index in [4.69, 9.17) is 0 Å². The Balaban J connectivity index is 1.68. The molecule has 0 saturated heterocycles. The number of para-hydroxylation sites is 2. The number of hydrogen-bond donors (Lipinski definition) is 2. The second-order valence-corrected chi connectivity index (χ2v) is 6.25. The lowest BCUT2D eigenvalue weighted by Gasteiger charge is -2.19. The number of anilines is 3. The molecule has 28 heavy (non-hydrogen) atoms. The quantitative estimate of drug-likeness (QED) is 0.678. The highest BCUT2D eigenvalue weighted by Crippen LogP contribution is 2.18. The van der Waals surface area contributed by atoms with Crippen molar-refractivity contribution in [2.24, 2.45) is 0 Å². The fourth-order valence-corrected chi connectivity index (χ4v) is 2.70. The zero-order chi connectivity index (χ0) is 19.9. The number of carbonyl (C=O) groups excluding carboxylic acids is 2. The van der Waals surface area contributed by atoms with Gasteiger partial charge >= 0.3 is 0 Å². The first-order valence-corrected chi connectivity index (χ1v) is 8.75. The number of likely N-dealkylation sites (N-methyl/N-ethyl adjacent to an activating group) is 1. The summed E-state index contributed by atoms with van der Waals surface area (Å²) in [5.41, 5.74) is 2.12. The van der Waals surface area contributed by atoms with Crippen LogP contribution in [-0.2, 0) is 4.79 Å². The highest BCUT2D eigenvalue weighted by molar-refractivity contribution is 6.10. The van der Waals surface area contributed by atoms with E-state index in [9.17, 15) is 14.0 Å². The molecule has 3 aromatic carbocycles. The number of halogens is 1. The lowest BCUT2D eigenvalue weighted by atomic mass is 10.1. The third-order valence-corrected chi connectivity index (χ3v) is 4.13. The molecule has 0 radical (unpaired) electrons. The average Bonchev–Trinajstić information content (AvgIpc) is 2.70. The van der Waals surface area contributed by atoms with E-state index < -0.39 is 0 Å². The Kier molecular flexibility index (Phi) is 6.01. The Labute approximate surface area is 162 Å². The molecule has 0 aromatic heterocycles. The molecule has 0 aliphatic heterocycles. The summed E-state index contributed by atoms with van der Waals surface area (Å²) in [6.07, 6.45) is 0. The van der Waals surface area contributed by atoms with Gasteiger partial charge in [0.1, 0.15) is 5.82 Å². The Morgan fingerprint density at radius 1 is 0.857 bits per heavy atom. The van der Waals surface area contributed by atoms with Crippen molar-refractivity contribution in [3.8, 4) is 0 Å². The lowest BCUT2D eigenvalue weighted by molar-refractivity contribution is -0.114. The lowest BCUT2D eigenvalue weighted by Crippen LogP contribution is -2.30. The minimum Gasteiger partial charge on any atom is -0.365 e. The zero-order valence-corrected chi connectivity index (χ0v) is 15.4. The van der Waals surface area contributed by atoms with E-state index in [0.29, 0.717) is 16.9 Å². The molecule has 0 aliphatic rings. The summed E-state index contributed by atoms with van der Waals surface area (Å²) >= 11 is 0. The third kappa shape index (κ3) is 4.94. The van der Waals surface area contributed by atoms with Crippen molar-refractivity contribution in [2.45, 2.75) is 0 Å². The molecular weight excluding hydrogens is 357 g/mol. The Bertz CT molecular complexity index is 959. The first kappa shape index (κ1) is 19.1. The van der Waals surface area contributed by atoms with Gasteiger partial charge in [-0.3, -0.25) is 9.59 Å². The van der Waals surface area contributed by atoms with E-state index in [0.717, 1.165) is 5.69 Å². The predicted molar refractivity (Wildman–Crippen MR) is 109 cm³/mol. The minimum atomic E-state index is -0.390. The van der Waals surface area contributed by atoms with Gasteiger partial charge in [-0.2, -0.15) is 0 Å². The molecule has 3 rings (SSSR count). The molecule has 0 spiro atoms. The normalized spacial score (nSPS) is 10.2. The Morgan fingerprint density at radius 3 is 2.21 bits per heavy atom. The summed E-state index contributed by atoms with van der Waals surface area (Å²) in [6.45, 7) is 0.137. The van der Waals surface area contributed by atoms with Crippen LogP contribution in [0.2, 0.25) is 0 Å². The maximum absolute atomic E-state index is 13.0. The van der Waals surface area contributed by atoms with Gasteiger partial charge in [-0.1, -0.05) is 30.3 Å². The second-order valence-electron chi connectivity index (χ2n) is 6.25. The Hall–Kier alpha value is -3.67. The van der Waals surface area contributed by atoms with E-state index in [1.165, 1.54) is 24.3 Å². The van der Waals surface area contributed by atoms with Crippen LogP contribution < -0.4 is 15.5 Å². The van der Waals surface area contributed by atoms with E-state index >= 15 is 0 Å². The molecule has 0 saturated carbocycles. The molecule has 0 atom stereocenters. The monoisotopic (exact) mass is 377 g/mol. The van der Waals surface area contributed by atoms with Gasteiger partial charge in [0.2, 0.25) is 5.91 Å². The molecule has 6 heteroatoms. The van der Waals surface area contributed by atoms with Crippen LogP contribution in [0.4, 0.5) is 21.5 Å². The minimum absolute atomic E-state index is 0.137. The topological polar surface area (TPSA) is 61.4 Å². The van der Waals surface area contributed by atoms with Crippen molar-refractivity contribution in [1.29, 1.82) is 0 Å². The van der Waals surface area contributed by atoms with Crippen molar-refractivity contribution in [2.75, 3.05) is 29.1 Å². The van der Waals surface area contributed by atoms with Gasteiger partial charge in [0.15, 0.2) is 0 Å². The zero-order valence-electron chi connectivity index (χ0n) is 15.4. The highest BCUT2D eigenvalue weighted by atomic mass is 19.1. The average molecular weight is 377 g/mol. The smallest absolute Gasteiger partial charge is 0.257 e. The van der Waals surface area contributed by atoms with Crippen LogP contribution >= 0.6 is 0 Å². The molecule has 142 valence electrons. The van der Waals surface area contributed by atoms with E-state index in [-0.39, 0.29) is 24.2 Å². The SMILES string of the molecule is CN(CC(=O)Nc1ccccc1C(=O)Nc1ccc(F)cc1)c1ccccc1. The summed E-state index contributed by atoms with van der Waals surface area (Å²) in [4.78, 5) is 26.8. The summed E-state index contributed by atoms with van der Waals surface area (Å²) < 4.78 is 13.0. The van der Waals surface area contributed by atoms with Crippen LogP contribution in [0.25, 0.3) is 0 Å². The number of hydrogen-bond acceptors (Lipinski definition) is 3. The molecule has 2 amide bonds. The molecule has 0 unspecified atom stereocenters. The molecule has 5 nitrogen and oxygen atoms in total. The van der Waals surface area contributed by atoms with Crippen molar-refractivity contribution in [1.82, 2.24) is 0 Å². The summed E-state index contributed by atoms with van der Waals surface area (Å²) in [5.74, 6) is -1.01. The molecule has 0 fully saturated rings. The number of rotatable bonds is 6.